The molecule has 3 heteroatoms. The smallest absolute Gasteiger partial charge is 0.169 e. The van der Waals surface area contributed by atoms with Crippen LogP contribution in [-0.2, 0) is 0 Å². The second-order valence-corrected chi connectivity index (χ2v) is 7.72. The molecule has 0 saturated carbocycles. The van der Waals surface area contributed by atoms with Crippen molar-refractivity contribution in [3.05, 3.63) is 110 Å². The summed E-state index contributed by atoms with van der Waals surface area (Å²) in [5.74, 6) is 0.721. The van der Waals surface area contributed by atoms with Gasteiger partial charge in [-0.3, -0.25) is 4.40 Å². The molecule has 6 rings (SSSR count). The Kier molecular flexibility index (Phi) is 3.77. The van der Waals surface area contributed by atoms with Gasteiger partial charge in [-0.25, -0.2) is 0 Å². The summed E-state index contributed by atoms with van der Waals surface area (Å²) in [6.07, 6.45) is 1.72. The topological polar surface area (TPSA) is 30.2 Å². The van der Waals surface area contributed by atoms with E-state index in [2.05, 4.69) is 107 Å². The molecule has 31 heavy (non-hydrogen) atoms. The first-order valence-electron chi connectivity index (χ1n) is 10.3. The molecule has 0 unspecified atom stereocenters. The molecule has 0 saturated heterocycles. The van der Waals surface area contributed by atoms with Gasteiger partial charge in [-0.1, -0.05) is 92.0 Å². The Hall–Kier alpha value is -4.24. The van der Waals surface area contributed by atoms with Crippen LogP contribution in [0.25, 0.3) is 54.8 Å². The third-order valence-electron chi connectivity index (χ3n) is 5.99. The Labute approximate surface area is 179 Å². The zero-order chi connectivity index (χ0) is 20.9. The van der Waals surface area contributed by atoms with Crippen molar-refractivity contribution in [2.45, 2.75) is 0 Å². The van der Waals surface area contributed by atoms with Crippen LogP contribution < -0.4 is 0 Å². The highest BCUT2D eigenvalue weighted by atomic mass is 15.2. The fourth-order valence-electron chi connectivity index (χ4n) is 4.49. The van der Waals surface area contributed by atoms with Crippen LogP contribution in [0, 0.1) is 0 Å². The van der Waals surface area contributed by atoms with Gasteiger partial charge in [-0.15, -0.1) is 10.2 Å². The number of hydrogen-bond donors (Lipinski definition) is 0. The lowest BCUT2D eigenvalue weighted by Gasteiger charge is -2.12. The molecular formula is C28H19N3. The molecule has 146 valence electrons. The maximum absolute atomic E-state index is 4.49. The number of aromatic nitrogens is 3. The Morgan fingerprint density at radius 1 is 0.742 bits per heavy atom. The van der Waals surface area contributed by atoms with Crippen LogP contribution in [0.3, 0.4) is 0 Å². The molecule has 0 N–H and O–H groups in total. The first-order chi connectivity index (χ1) is 15.3. The van der Waals surface area contributed by atoms with Gasteiger partial charge in [0, 0.05) is 16.3 Å². The molecule has 3 nitrogen and oxygen atoms in total. The van der Waals surface area contributed by atoms with Crippen LogP contribution in [0.15, 0.2) is 104 Å². The molecule has 0 bridgehead atoms. The van der Waals surface area contributed by atoms with Gasteiger partial charge in [0.05, 0.1) is 5.52 Å². The highest BCUT2D eigenvalue weighted by molar-refractivity contribution is 6.13. The van der Waals surface area contributed by atoms with E-state index in [1.165, 1.54) is 21.9 Å². The van der Waals surface area contributed by atoms with E-state index >= 15 is 0 Å². The Balaban J connectivity index is 1.76. The highest BCUT2D eigenvalue weighted by Gasteiger charge is 2.16. The van der Waals surface area contributed by atoms with E-state index in [1.807, 2.05) is 6.07 Å². The van der Waals surface area contributed by atoms with E-state index in [0.717, 1.165) is 38.7 Å². The summed E-state index contributed by atoms with van der Waals surface area (Å²) in [6, 6.07) is 30.0. The Morgan fingerprint density at radius 2 is 1.48 bits per heavy atom. The zero-order valence-electron chi connectivity index (χ0n) is 16.9. The number of allylic oxidation sites excluding steroid dienone is 2. The lowest BCUT2D eigenvalue weighted by Crippen LogP contribution is -1.96. The molecule has 0 aliphatic rings. The average Bonchev–Trinajstić information content (AvgIpc) is 3.29. The normalized spacial score (nSPS) is 11.5. The summed E-state index contributed by atoms with van der Waals surface area (Å²) in [4.78, 5) is 0. The molecular weight excluding hydrogens is 378 g/mol. The molecule has 0 aliphatic heterocycles. The van der Waals surface area contributed by atoms with E-state index in [4.69, 9.17) is 0 Å². The molecule has 0 aliphatic carbocycles. The van der Waals surface area contributed by atoms with Crippen molar-refractivity contribution in [1.82, 2.24) is 14.6 Å². The predicted octanol–water partition coefficient (Wildman–Crippen LogP) is 7.06. The molecule has 6 aromatic rings. The van der Waals surface area contributed by atoms with E-state index in [9.17, 15) is 0 Å². The van der Waals surface area contributed by atoms with Crippen LogP contribution >= 0.6 is 0 Å². The highest BCUT2D eigenvalue weighted by Crippen LogP contribution is 2.35. The lowest BCUT2D eigenvalue weighted by atomic mass is 9.96. The van der Waals surface area contributed by atoms with Crippen LogP contribution in [0.5, 0.6) is 0 Å². The molecule has 2 aromatic heterocycles. The van der Waals surface area contributed by atoms with Crippen molar-refractivity contribution < 1.29 is 0 Å². The van der Waals surface area contributed by atoms with Gasteiger partial charge in [-0.2, -0.15) is 0 Å². The molecule has 0 fully saturated rings. The van der Waals surface area contributed by atoms with Crippen molar-refractivity contribution in [3.8, 4) is 11.1 Å². The molecule has 4 aromatic carbocycles. The molecule has 0 spiro atoms. The van der Waals surface area contributed by atoms with E-state index < -0.39 is 0 Å². The largest absolute Gasteiger partial charge is 0.274 e. The maximum Gasteiger partial charge on any atom is 0.169 e. The second-order valence-electron chi connectivity index (χ2n) is 7.72. The quantitative estimate of drug-likeness (QED) is 0.236. The molecule has 0 atom stereocenters. The first-order valence-corrected chi connectivity index (χ1v) is 10.3. The van der Waals surface area contributed by atoms with Gasteiger partial charge in [0.1, 0.15) is 0 Å². The summed E-state index contributed by atoms with van der Waals surface area (Å²) in [6.45, 7) is 7.98. The van der Waals surface area contributed by atoms with Gasteiger partial charge >= 0.3 is 0 Å². The SMILES string of the molecule is C=CC(=C)c1nnc2c3ccccc3c3cc(-c4cccc5ccccc45)ccc3n12. The van der Waals surface area contributed by atoms with E-state index in [0.29, 0.717) is 0 Å². The summed E-state index contributed by atoms with van der Waals surface area (Å²) >= 11 is 0. The number of benzene rings is 4. The zero-order valence-corrected chi connectivity index (χ0v) is 16.9. The number of fused-ring (bicyclic) bond motifs is 7. The fraction of sp³-hybridized carbons (Fsp3) is 0. The summed E-state index contributed by atoms with van der Waals surface area (Å²) < 4.78 is 2.09. The van der Waals surface area contributed by atoms with Crippen LogP contribution in [0.1, 0.15) is 5.82 Å². The van der Waals surface area contributed by atoms with Gasteiger partial charge in [0.2, 0.25) is 0 Å². The molecule has 0 radical (unpaired) electrons. The van der Waals surface area contributed by atoms with Gasteiger partial charge in [0.25, 0.3) is 0 Å². The van der Waals surface area contributed by atoms with Crippen molar-refractivity contribution in [2.24, 2.45) is 0 Å². The van der Waals surface area contributed by atoms with Gasteiger partial charge in [0.15, 0.2) is 11.5 Å². The van der Waals surface area contributed by atoms with Crippen LogP contribution in [-0.4, -0.2) is 14.6 Å². The van der Waals surface area contributed by atoms with Crippen molar-refractivity contribution in [2.75, 3.05) is 0 Å². The fourth-order valence-corrected chi connectivity index (χ4v) is 4.49. The minimum Gasteiger partial charge on any atom is -0.274 e. The number of hydrogen-bond acceptors (Lipinski definition) is 2. The predicted molar refractivity (Wildman–Crippen MR) is 130 cm³/mol. The number of pyridine rings is 1. The third kappa shape index (κ3) is 2.53. The lowest BCUT2D eigenvalue weighted by molar-refractivity contribution is 1.08. The molecule has 2 heterocycles. The van der Waals surface area contributed by atoms with Crippen molar-refractivity contribution in [1.29, 1.82) is 0 Å². The summed E-state index contributed by atoms with van der Waals surface area (Å²) in [5.41, 5.74) is 5.05. The maximum atomic E-state index is 4.49. The summed E-state index contributed by atoms with van der Waals surface area (Å²) in [7, 11) is 0. The molecule has 0 amide bonds. The monoisotopic (exact) mass is 397 g/mol. The summed E-state index contributed by atoms with van der Waals surface area (Å²) in [5, 5.41) is 14.8. The van der Waals surface area contributed by atoms with E-state index in [-0.39, 0.29) is 0 Å². The van der Waals surface area contributed by atoms with Crippen molar-refractivity contribution in [3.63, 3.8) is 0 Å². The Morgan fingerprint density at radius 3 is 2.32 bits per heavy atom. The first kappa shape index (κ1) is 17.6. The second kappa shape index (κ2) is 6.64. The van der Waals surface area contributed by atoms with E-state index in [1.54, 1.807) is 6.08 Å². The van der Waals surface area contributed by atoms with Crippen LogP contribution in [0.4, 0.5) is 0 Å². The van der Waals surface area contributed by atoms with Crippen LogP contribution in [0.2, 0.25) is 0 Å². The third-order valence-corrected chi connectivity index (χ3v) is 5.99. The number of nitrogens with zero attached hydrogens (tertiary/aromatic N) is 3. The van der Waals surface area contributed by atoms with Gasteiger partial charge < -0.3 is 0 Å². The Bertz CT molecular complexity index is 1670. The standard InChI is InChI=1S/C28H19N3/c1-3-18(2)27-29-30-28-24-13-7-6-12-23(24)25-17-20(15-16-26(25)31(27)28)22-14-8-10-19-9-4-5-11-21(19)22/h3-17H,1-2H2. The minimum atomic E-state index is 0.721. The average molecular weight is 397 g/mol. The minimum absolute atomic E-state index is 0.721. The van der Waals surface area contributed by atoms with Crippen molar-refractivity contribution >= 4 is 43.7 Å². The number of rotatable bonds is 3. The van der Waals surface area contributed by atoms with Gasteiger partial charge in [-0.05, 0) is 39.4 Å².